The molecule has 2 N–H and O–H groups in total. The molecule has 1 amide bonds. The lowest BCUT2D eigenvalue weighted by Gasteiger charge is -2.23. The van der Waals surface area contributed by atoms with Gasteiger partial charge in [-0.15, -0.1) is 11.3 Å². The third kappa shape index (κ3) is 1.94. The van der Waals surface area contributed by atoms with Crippen LogP contribution < -0.4 is 5.32 Å². The molecule has 2 heterocycles. The van der Waals surface area contributed by atoms with Crippen LogP contribution in [0.2, 0.25) is 0 Å². The first-order chi connectivity index (χ1) is 7.64. The molecule has 0 bridgehead atoms. The van der Waals surface area contributed by atoms with Gasteiger partial charge < -0.3 is 15.2 Å². The van der Waals surface area contributed by atoms with Crippen molar-refractivity contribution in [1.29, 1.82) is 0 Å². The van der Waals surface area contributed by atoms with Gasteiger partial charge in [0.15, 0.2) is 5.54 Å². The van der Waals surface area contributed by atoms with E-state index in [-0.39, 0.29) is 12.5 Å². The summed E-state index contributed by atoms with van der Waals surface area (Å²) in [4.78, 5) is 23.4. The van der Waals surface area contributed by atoms with Gasteiger partial charge in [-0.1, -0.05) is 6.07 Å². The van der Waals surface area contributed by atoms with Gasteiger partial charge in [0.1, 0.15) is 0 Å². The SMILES string of the molecule is O=C(NC1(C(=O)O)CCOC1)c1cccs1. The summed E-state index contributed by atoms with van der Waals surface area (Å²) in [5.41, 5.74) is -1.26. The van der Waals surface area contributed by atoms with Crippen LogP contribution >= 0.6 is 11.3 Å². The summed E-state index contributed by atoms with van der Waals surface area (Å²) in [7, 11) is 0. The minimum Gasteiger partial charge on any atom is -0.479 e. The Bertz CT molecular complexity index is 395. The molecule has 0 saturated carbocycles. The predicted octanol–water partition coefficient (Wildman–Crippen LogP) is 0.722. The van der Waals surface area contributed by atoms with Crippen LogP contribution in [0, 0.1) is 0 Å². The highest BCUT2D eigenvalue weighted by molar-refractivity contribution is 7.12. The highest BCUT2D eigenvalue weighted by Gasteiger charge is 2.44. The van der Waals surface area contributed by atoms with Crippen molar-refractivity contribution in [1.82, 2.24) is 5.32 Å². The Balaban J connectivity index is 2.13. The highest BCUT2D eigenvalue weighted by Crippen LogP contribution is 2.20. The van der Waals surface area contributed by atoms with Crippen molar-refractivity contribution >= 4 is 23.2 Å². The molecule has 0 aliphatic carbocycles. The van der Waals surface area contributed by atoms with Crippen LogP contribution in [0.25, 0.3) is 0 Å². The number of carboxylic acid groups (broad SMARTS) is 1. The van der Waals surface area contributed by atoms with E-state index in [0.29, 0.717) is 17.9 Å². The summed E-state index contributed by atoms with van der Waals surface area (Å²) in [6.07, 6.45) is 0.305. The number of thiophene rings is 1. The Morgan fingerprint density at radius 1 is 1.56 bits per heavy atom. The molecule has 1 unspecified atom stereocenters. The van der Waals surface area contributed by atoms with Gasteiger partial charge >= 0.3 is 5.97 Å². The van der Waals surface area contributed by atoms with Crippen molar-refractivity contribution in [3.05, 3.63) is 22.4 Å². The van der Waals surface area contributed by atoms with E-state index in [1.807, 2.05) is 0 Å². The molecule has 1 aromatic heterocycles. The van der Waals surface area contributed by atoms with Crippen LogP contribution in [0.3, 0.4) is 0 Å². The monoisotopic (exact) mass is 241 g/mol. The highest BCUT2D eigenvalue weighted by atomic mass is 32.1. The summed E-state index contributed by atoms with van der Waals surface area (Å²) in [5.74, 6) is -1.40. The zero-order valence-electron chi connectivity index (χ0n) is 8.43. The molecule has 16 heavy (non-hydrogen) atoms. The Morgan fingerprint density at radius 3 is 2.88 bits per heavy atom. The number of carbonyl (C=O) groups is 2. The summed E-state index contributed by atoms with van der Waals surface area (Å²) in [6, 6.07) is 3.41. The van der Waals surface area contributed by atoms with Gasteiger partial charge in [0.25, 0.3) is 5.91 Å². The first-order valence-electron chi connectivity index (χ1n) is 4.81. The van der Waals surface area contributed by atoms with Crippen LogP contribution in [-0.4, -0.2) is 35.7 Å². The summed E-state index contributed by atoms with van der Waals surface area (Å²) in [5, 5.41) is 13.4. The fourth-order valence-corrected chi connectivity index (χ4v) is 2.19. The first kappa shape index (κ1) is 11.1. The second kappa shape index (κ2) is 4.23. The molecule has 1 saturated heterocycles. The Hall–Kier alpha value is -1.40. The molecule has 0 spiro atoms. The second-order valence-electron chi connectivity index (χ2n) is 3.62. The molecule has 1 fully saturated rings. The number of aliphatic carboxylic acids is 1. The molecule has 1 aliphatic rings. The number of carbonyl (C=O) groups excluding carboxylic acids is 1. The van der Waals surface area contributed by atoms with Crippen LogP contribution in [-0.2, 0) is 9.53 Å². The lowest BCUT2D eigenvalue weighted by molar-refractivity contribution is -0.144. The van der Waals surface area contributed by atoms with Gasteiger partial charge in [-0.2, -0.15) is 0 Å². The summed E-state index contributed by atoms with van der Waals surface area (Å²) < 4.78 is 5.05. The standard InChI is InChI=1S/C10H11NO4S/c12-8(7-2-1-5-16-7)11-10(9(13)14)3-4-15-6-10/h1-2,5H,3-4,6H2,(H,11,12)(H,13,14). The van der Waals surface area contributed by atoms with Crippen molar-refractivity contribution in [2.45, 2.75) is 12.0 Å². The Kier molecular flexibility index (Phi) is 2.93. The molecule has 0 aromatic carbocycles. The van der Waals surface area contributed by atoms with E-state index in [1.165, 1.54) is 11.3 Å². The van der Waals surface area contributed by atoms with E-state index in [1.54, 1.807) is 17.5 Å². The van der Waals surface area contributed by atoms with Gasteiger partial charge in [0.2, 0.25) is 0 Å². The van der Waals surface area contributed by atoms with Gasteiger partial charge in [0.05, 0.1) is 11.5 Å². The third-order valence-corrected chi connectivity index (χ3v) is 3.40. The topological polar surface area (TPSA) is 75.6 Å². The third-order valence-electron chi connectivity index (χ3n) is 2.53. The maximum Gasteiger partial charge on any atom is 0.331 e. The van der Waals surface area contributed by atoms with Gasteiger partial charge in [-0.3, -0.25) is 4.79 Å². The van der Waals surface area contributed by atoms with E-state index >= 15 is 0 Å². The maximum absolute atomic E-state index is 11.8. The molecule has 1 atom stereocenters. The maximum atomic E-state index is 11.8. The Morgan fingerprint density at radius 2 is 2.38 bits per heavy atom. The zero-order valence-corrected chi connectivity index (χ0v) is 9.25. The van der Waals surface area contributed by atoms with E-state index in [2.05, 4.69) is 5.32 Å². The van der Waals surface area contributed by atoms with Crippen LogP contribution in [0.1, 0.15) is 16.1 Å². The minimum atomic E-state index is -1.26. The summed E-state index contributed by atoms with van der Waals surface area (Å²) >= 11 is 1.28. The Labute approximate surface area is 96.0 Å². The quantitative estimate of drug-likeness (QED) is 0.817. The van der Waals surface area contributed by atoms with Crippen molar-refractivity contribution in [3.63, 3.8) is 0 Å². The lowest BCUT2D eigenvalue weighted by atomic mass is 9.99. The number of amides is 1. The van der Waals surface area contributed by atoms with E-state index in [4.69, 9.17) is 9.84 Å². The fraction of sp³-hybridized carbons (Fsp3) is 0.400. The minimum absolute atomic E-state index is 0.0272. The van der Waals surface area contributed by atoms with Crippen molar-refractivity contribution in [3.8, 4) is 0 Å². The molecule has 0 radical (unpaired) electrons. The number of carboxylic acids is 1. The van der Waals surface area contributed by atoms with Gasteiger partial charge in [-0.25, -0.2) is 4.79 Å². The summed E-state index contributed by atoms with van der Waals surface area (Å²) in [6.45, 7) is 0.385. The molecule has 6 heteroatoms. The average molecular weight is 241 g/mol. The number of ether oxygens (including phenoxy) is 1. The molecule has 2 rings (SSSR count). The van der Waals surface area contributed by atoms with Crippen molar-refractivity contribution in [2.75, 3.05) is 13.2 Å². The largest absolute Gasteiger partial charge is 0.479 e. The van der Waals surface area contributed by atoms with E-state index in [0.717, 1.165) is 0 Å². The zero-order chi connectivity index (χ0) is 11.6. The fourth-order valence-electron chi connectivity index (χ4n) is 1.57. The smallest absolute Gasteiger partial charge is 0.331 e. The molecular formula is C10H11NO4S. The molecule has 5 nitrogen and oxygen atoms in total. The van der Waals surface area contributed by atoms with Crippen LogP contribution in [0.5, 0.6) is 0 Å². The number of hydrogen-bond donors (Lipinski definition) is 2. The molecule has 1 aliphatic heterocycles. The van der Waals surface area contributed by atoms with E-state index < -0.39 is 11.5 Å². The molecule has 86 valence electrons. The number of hydrogen-bond acceptors (Lipinski definition) is 4. The molecular weight excluding hydrogens is 230 g/mol. The van der Waals surface area contributed by atoms with Crippen molar-refractivity contribution < 1.29 is 19.4 Å². The first-order valence-corrected chi connectivity index (χ1v) is 5.69. The number of rotatable bonds is 3. The second-order valence-corrected chi connectivity index (χ2v) is 4.57. The predicted molar refractivity (Wildman–Crippen MR) is 57.6 cm³/mol. The van der Waals surface area contributed by atoms with Gasteiger partial charge in [0, 0.05) is 13.0 Å². The number of nitrogens with one attached hydrogen (secondary N) is 1. The molecule has 1 aromatic rings. The lowest BCUT2D eigenvalue weighted by Crippen LogP contribution is -2.55. The normalized spacial score (nSPS) is 24.2. The van der Waals surface area contributed by atoms with Gasteiger partial charge in [-0.05, 0) is 11.4 Å². The van der Waals surface area contributed by atoms with Crippen LogP contribution in [0.4, 0.5) is 0 Å². The van der Waals surface area contributed by atoms with Crippen molar-refractivity contribution in [2.24, 2.45) is 0 Å². The average Bonchev–Trinajstić information content (AvgIpc) is 2.88. The van der Waals surface area contributed by atoms with Crippen LogP contribution in [0.15, 0.2) is 17.5 Å². The van der Waals surface area contributed by atoms with E-state index in [9.17, 15) is 9.59 Å².